The number of unbranched alkanes of at least 4 members (excludes halogenated alkanes) is 3. The van der Waals surface area contributed by atoms with Gasteiger partial charge in [0.05, 0.1) is 6.61 Å². The predicted octanol–water partition coefficient (Wildman–Crippen LogP) is 6.70. The first-order valence-electron chi connectivity index (χ1n) is 11.4. The number of hydrogen-bond donors (Lipinski definition) is 2. The minimum absolute atomic E-state index is 0.0293. The van der Waals surface area contributed by atoms with Crippen molar-refractivity contribution in [2.75, 3.05) is 13.2 Å². The second-order valence-corrected chi connectivity index (χ2v) is 9.07. The topological polar surface area (TPSA) is 58.6 Å². The third-order valence-electron chi connectivity index (χ3n) is 5.50. The molecule has 0 saturated carbocycles. The molecular formula is C24H30F6NO3P. The average Bonchev–Trinajstić information content (AvgIpc) is 2.79. The Kier molecular flexibility index (Phi) is 11.8. The minimum Gasteiger partial charge on any atom is -0.326 e. The van der Waals surface area contributed by atoms with Crippen molar-refractivity contribution in [1.82, 2.24) is 5.32 Å². The molecule has 2 rings (SSSR count). The summed E-state index contributed by atoms with van der Waals surface area (Å²) in [7, 11) is -3.02. The Morgan fingerprint density at radius 3 is 2.11 bits per heavy atom. The number of nitrogens with one attached hydrogen (secondary N) is 1. The van der Waals surface area contributed by atoms with Crippen molar-refractivity contribution in [3.05, 3.63) is 70.5 Å². The summed E-state index contributed by atoms with van der Waals surface area (Å²) in [5.74, 6) is -5.28. The van der Waals surface area contributed by atoms with Crippen molar-refractivity contribution in [2.45, 2.75) is 63.6 Å². The first-order valence-corrected chi connectivity index (χ1v) is 12.6. The summed E-state index contributed by atoms with van der Waals surface area (Å²) in [6, 6.07) is 9.90. The Bertz CT molecular complexity index is 938. The van der Waals surface area contributed by atoms with Crippen LogP contribution in [0, 0.1) is 5.82 Å². The standard InChI is InChI=1S/C24H30F6NO3P/c25-21-12-9-18(10-13-21)6-3-1-2-4-7-20-11-8-19(17-31-14-5-15-34-35(32)33)16-22(20)23(26,27)24(28,29)30/h8-13,16,31,35H,1-7,14-15,17H2,(H,32,33). The summed E-state index contributed by atoms with van der Waals surface area (Å²) in [6.07, 6.45) is -1.77. The van der Waals surface area contributed by atoms with Gasteiger partial charge in [-0.15, -0.1) is 0 Å². The van der Waals surface area contributed by atoms with Gasteiger partial charge in [0.25, 0.3) is 0 Å². The first kappa shape index (κ1) is 29.4. The summed E-state index contributed by atoms with van der Waals surface area (Å²) in [5.41, 5.74) is 0.206. The van der Waals surface area contributed by atoms with Gasteiger partial charge in [0.15, 0.2) is 0 Å². The molecular weight excluding hydrogens is 495 g/mol. The Hall–Kier alpha value is -1.87. The quantitative estimate of drug-likeness (QED) is 0.154. The molecule has 0 amide bonds. The largest absolute Gasteiger partial charge is 0.458 e. The Labute approximate surface area is 201 Å². The molecule has 2 aromatic rings. The van der Waals surface area contributed by atoms with Crippen molar-refractivity contribution in [1.29, 1.82) is 0 Å². The number of benzene rings is 2. The van der Waals surface area contributed by atoms with Gasteiger partial charge in [-0.1, -0.05) is 37.1 Å². The zero-order valence-electron chi connectivity index (χ0n) is 19.1. The number of aryl methyl sites for hydroxylation is 2. The molecule has 0 saturated heterocycles. The highest BCUT2D eigenvalue weighted by Gasteiger charge is 2.59. The van der Waals surface area contributed by atoms with Gasteiger partial charge >= 0.3 is 20.4 Å². The van der Waals surface area contributed by atoms with E-state index >= 15 is 0 Å². The third kappa shape index (κ3) is 9.95. The maximum atomic E-state index is 14.3. The van der Waals surface area contributed by atoms with Gasteiger partial charge in [-0.25, -0.2) is 4.39 Å². The van der Waals surface area contributed by atoms with Crippen LogP contribution in [-0.4, -0.2) is 24.2 Å². The molecule has 4 nitrogen and oxygen atoms in total. The van der Waals surface area contributed by atoms with Gasteiger partial charge in [-0.3, -0.25) is 4.57 Å². The van der Waals surface area contributed by atoms with Gasteiger partial charge in [0.2, 0.25) is 0 Å². The van der Waals surface area contributed by atoms with E-state index in [9.17, 15) is 30.9 Å². The van der Waals surface area contributed by atoms with Crippen LogP contribution in [0.4, 0.5) is 26.3 Å². The summed E-state index contributed by atoms with van der Waals surface area (Å²) < 4.78 is 95.8. The SMILES string of the molecule is O=[PH](O)OCCCNCc1ccc(CCCCCCc2ccc(F)cc2)c(C(F)(F)C(F)(F)F)c1. The second kappa shape index (κ2) is 14.0. The van der Waals surface area contributed by atoms with Crippen LogP contribution in [0.5, 0.6) is 0 Å². The molecule has 0 spiro atoms. The van der Waals surface area contributed by atoms with Gasteiger partial charge < -0.3 is 14.7 Å². The first-order chi connectivity index (χ1) is 16.5. The van der Waals surface area contributed by atoms with E-state index in [1.807, 2.05) is 0 Å². The van der Waals surface area contributed by atoms with Crippen molar-refractivity contribution >= 4 is 8.25 Å². The van der Waals surface area contributed by atoms with Crippen LogP contribution in [0.15, 0.2) is 42.5 Å². The third-order valence-corrected chi connectivity index (χ3v) is 5.95. The van der Waals surface area contributed by atoms with Gasteiger partial charge in [-0.05, 0) is 73.5 Å². The molecule has 11 heteroatoms. The maximum Gasteiger partial charge on any atom is 0.458 e. The molecule has 0 aromatic heterocycles. The zero-order valence-corrected chi connectivity index (χ0v) is 20.1. The summed E-state index contributed by atoms with van der Waals surface area (Å²) in [4.78, 5) is 8.57. The highest BCUT2D eigenvalue weighted by atomic mass is 31.1. The second-order valence-electron chi connectivity index (χ2n) is 8.25. The van der Waals surface area contributed by atoms with Crippen molar-refractivity contribution in [2.24, 2.45) is 0 Å². The molecule has 1 unspecified atom stereocenters. The van der Waals surface area contributed by atoms with E-state index in [0.29, 0.717) is 25.8 Å². The minimum atomic E-state index is -5.71. The van der Waals surface area contributed by atoms with Crippen LogP contribution in [0.2, 0.25) is 0 Å². The molecule has 0 aliphatic rings. The van der Waals surface area contributed by atoms with E-state index in [-0.39, 0.29) is 36.5 Å². The highest BCUT2D eigenvalue weighted by Crippen LogP contribution is 2.45. The molecule has 0 aliphatic heterocycles. The fourth-order valence-electron chi connectivity index (χ4n) is 3.64. The normalized spacial score (nSPS) is 13.2. The van der Waals surface area contributed by atoms with E-state index in [2.05, 4.69) is 9.84 Å². The summed E-state index contributed by atoms with van der Waals surface area (Å²) >= 11 is 0. The van der Waals surface area contributed by atoms with E-state index in [1.54, 1.807) is 12.1 Å². The summed E-state index contributed by atoms with van der Waals surface area (Å²) in [6.45, 7) is 0.431. The fraction of sp³-hybridized carbons (Fsp3) is 0.500. The lowest BCUT2D eigenvalue weighted by atomic mass is 9.94. The summed E-state index contributed by atoms with van der Waals surface area (Å²) in [5, 5.41) is 2.90. The molecule has 2 N–H and O–H groups in total. The molecule has 0 fully saturated rings. The molecule has 2 aromatic carbocycles. The van der Waals surface area contributed by atoms with Crippen LogP contribution in [-0.2, 0) is 34.4 Å². The smallest absolute Gasteiger partial charge is 0.326 e. The van der Waals surface area contributed by atoms with Crippen molar-refractivity contribution < 1.29 is 40.3 Å². The van der Waals surface area contributed by atoms with Crippen LogP contribution in [0.3, 0.4) is 0 Å². The number of rotatable bonds is 15. The Morgan fingerprint density at radius 1 is 0.857 bits per heavy atom. The number of halogens is 6. The molecule has 0 radical (unpaired) electrons. The predicted molar refractivity (Wildman–Crippen MR) is 122 cm³/mol. The fourth-order valence-corrected chi connectivity index (χ4v) is 3.95. The Morgan fingerprint density at radius 2 is 1.49 bits per heavy atom. The number of alkyl halides is 5. The van der Waals surface area contributed by atoms with E-state index in [0.717, 1.165) is 30.9 Å². The zero-order chi connectivity index (χ0) is 25.9. The van der Waals surface area contributed by atoms with Crippen molar-refractivity contribution in [3.63, 3.8) is 0 Å². The van der Waals surface area contributed by atoms with E-state index in [4.69, 9.17) is 4.89 Å². The molecule has 35 heavy (non-hydrogen) atoms. The number of hydrogen-bond acceptors (Lipinski definition) is 3. The van der Waals surface area contributed by atoms with Crippen LogP contribution in [0.1, 0.15) is 54.4 Å². The average molecular weight is 525 g/mol. The van der Waals surface area contributed by atoms with Crippen molar-refractivity contribution in [3.8, 4) is 0 Å². The lowest BCUT2D eigenvalue weighted by molar-refractivity contribution is -0.289. The molecule has 0 bridgehead atoms. The van der Waals surface area contributed by atoms with E-state index in [1.165, 1.54) is 24.3 Å². The highest BCUT2D eigenvalue weighted by molar-refractivity contribution is 7.32. The van der Waals surface area contributed by atoms with E-state index < -0.39 is 25.9 Å². The molecule has 0 heterocycles. The molecule has 0 aliphatic carbocycles. The maximum absolute atomic E-state index is 14.3. The Balaban J connectivity index is 1.91. The lowest BCUT2D eigenvalue weighted by Gasteiger charge is -2.23. The lowest BCUT2D eigenvalue weighted by Crippen LogP contribution is -2.35. The molecule has 196 valence electrons. The van der Waals surface area contributed by atoms with Crippen LogP contribution in [0.25, 0.3) is 0 Å². The molecule has 1 atom stereocenters. The van der Waals surface area contributed by atoms with Gasteiger partial charge in [-0.2, -0.15) is 22.0 Å². The van der Waals surface area contributed by atoms with Gasteiger partial charge in [0.1, 0.15) is 5.82 Å². The monoisotopic (exact) mass is 525 g/mol. The van der Waals surface area contributed by atoms with Gasteiger partial charge in [0, 0.05) is 12.1 Å². The van der Waals surface area contributed by atoms with Crippen LogP contribution >= 0.6 is 8.25 Å². The van der Waals surface area contributed by atoms with Crippen LogP contribution < -0.4 is 5.32 Å².